The van der Waals surface area contributed by atoms with E-state index in [-0.39, 0.29) is 20.4 Å². The number of benzene rings is 2. The predicted molar refractivity (Wildman–Crippen MR) is 413 cm³/mol. The van der Waals surface area contributed by atoms with Gasteiger partial charge in [0, 0.05) is 20.4 Å². The van der Waals surface area contributed by atoms with Crippen LogP contribution >= 0.6 is 0 Å². The van der Waals surface area contributed by atoms with Crippen LogP contribution in [0.3, 0.4) is 0 Å². The van der Waals surface area contributed by atoms with Gasteiger partial charge >= 0.3 is 0 Å². The topological polar surface area (TPSA) is 24.7 Å². The van der Waals surface area contributed by atoms with E-state index in [1.54, 1.807) is 0 Å². The Balaban J connectivity index is 0.0000414. The Morgan fingerprint density at radius 1 is 0.242 bits per heavy atom. The third kappa shape index (κ3) is 60.1. The number of aliphatic imine (C=N–C) groups is 2. The van der Waals surface area contributed by atoms with E-state index in [0.29, 0.717) is 0 Å². The Labute approximate surface area is 584 Å². The zero-order valence-corrected chi connectivity index (χ0v) is 63.4. The first-order valence-electron chi connectivity index (χ1n) is 41.4. The van der Waals surface area contributed by atoms with Crippen molar-refractivity contribution in [3.63, 3.8) is 0 Å². The molecule has 2 aromatic rings. The Bertz CT molecular complexity index is 1890. The number of unbranched alkanes of at least 4 members (excludes halogenated alkanes) is 60. The van der Waals surface area contributed by atoms with Crippen molar-refractivity contribution in [2.75, 3.05) is 0 Å². The van der Waals surface area contributed by atoms with Crippen LogP contribution in [0, 0.1) is 0 Å². The molecule has 0 amide bonds. The van der Waals surface area contributed by atoms with Crippen LogP contribution < -0.4 is 0 Å². The van der Waals surface area contributed by atoms with Crippen LogP contribution in [0.25, 0.3) is 12.2 Å². The summed E-state index contributed by atoms with van der Waals surface area (Å²) in [4.78, 5) is 11.0. The smallest absolute Gasteiger partial charge is 0.0639 e. The summed E-state index contributed by atoms with van der Waals surface area (Å²) in [5.41, 5.74) is 7.06. The van der Waals surface area contributed by atoms with Crippen LogP contribution in [-0.2, 0) is 20.4 Å². The molecule has 0 aliphatic carbocycles. The molecule has 0 N–H and O–H groups in total. The molecule has 2 aromatic carbocycles. The van der Waals surface area contributed by atoms with Gasteiger partial charge < -0.3 is 0 Å². The van der Waals surface area contributed by atoms with Gasteiger partial charge in [0.25, 0.3) is 0 Å². The molecule has 0 aliphatic rings. The van der Waals surface area contributed by atoms with Crippen LogP contribution in [-0.4, -0.2) is 11.4 Å². The van der Waals surface area contributed by atoms with E-state index in [1.165, 1.54) is 414 Å². The van der Waals surface area contributed by atoms with E-state index in [2.05, 4.69) is 101 Å². The molecule has 2 rings (SSSR count). The summed E-state index contributed by atoms with van der Waals surface area (Å²) >= 11 is 0. The van der Waals surface area contributed by atoms with Crippen LogP contribution in [0.5, 0.6) is 0 Å². The minimum absolute atomic E-state index is 0. The van der Waals surface area contributed by atoms with Gasteiger partial charge in [-0.1, -0.05) is 449 Å². The maximum absolute atomic E-state index is 5.49. The normalized spacial score (nSPS) is 12.2. The number of rotatable bonds is 71. The van der Waals surface area contributed by atoms with Gasteiger partial charge in [-0.25, -0.2) is 0 Å². The second-order valence-corrected chi connectivity index (χ2v) is 28.7. The summed E-state index contributed by atoms with van der Waals surface area (Å²) in [6.45, 7) is 9.25. The van der Waals surface area contributed by atoms with Crippen LogP contribution in [0.4, 0.5) is 11.4 Å². The van der Waals surface area contributed by atoms with Gasteiger partial charge in [0.15, 0.2) is 0 Å². The van der Waals surface area contributed by atoms with Crippen LogP contribution in [0.2, 0.25) is 0 Å². The number of allylic oxidation sites excluding steroid dienone is 2. The van der Waals surface area contributed by atoms with Gasteiger partial charge in [-0.05, 0) is 86.8 Å². The fourth-order valence-electron chi connectivity index (χ4n) is 13.6. The van der Waals surface area contributed by atoms with Gasteiger partial charge in [-0.15, -0.1) is 0 Å². The Hall–Kier alpha value is -2.08. The summed E-state index contributed by atoms with van der Waals surface area (Å²) in [5.74, 6) is 0. The first kappa shape index (κ1) is 86.9. The molecule has 0 bridgehead atoms. The second-order valence-electron chi connectivity index (χ2n) is 28.7. The van der Waals surface area contributed by atoms with Crippen molar-refractivity contribution in [1.29, 1.82) is 0 Å². The van der Waals surface area contributed by atoms with Gasteiger partial charge in [-0.3, -0.25) is 9.98 Å². The number of hydrogen-bond acceptors (Lipinski definition) is 2. The molecule has 0 heterocycles. The average molecular weight is 1350 g/mol. The standard InChI is InChI=1S/C88H156N2.Pd/c1-5-9-13-16-19-22-25-27-29-31-33-35-37-39-41-43-45-47-49-51-53-55-57-59-62-65-68-73-83-75-71-77-85(81-83)89-87(79-12-8-4)88(80-70-67-64-61-24-21-18-15-11-7-3)90-86-78-72-76-84(82-86)74-69-66-63-60-58-56-54-52-50-48-46-44-42-40-38-36-34-32-30-28-26-23-20-17-14-10-6-2;/h68-69,71-78,81-82H,5-67,70,79-80H2,1-4H3;. The summed E-state index contributed by atoms with van der Waals surface area (Å²) in [5, 5.41) is 0. The molecule has 0 aliphatic heterocycles. The Morgan fingerprint density at radius 3 is 0.670 bits per heavy atom. The first-order chi connectivity index (χ1) is 44.7. The molecule has 0 fully saturated rings. The maximum Gasteiger partial charge on any atom is 0.0639 e. The summed E-state index contributed by atoms with van der Waals surface area (Å²) in [6.07, 6.45) is 102. The molecule has 0 aromatic heterocycles. The Morgan fingerprint density at radius 2 is 0.440 bits per heavy atom. The number of hydrogen-bond donors (Lipinski definition) is 0. The monoisotopic (exact) mass is 1350 g/mol. The molecule has 0 spiro atoms. The van der Waals surface area contributed by atoms with Crippen molar-refractivity contribution < 1.29 is 20.4 Å². The molecule has 0 atom stereocenters. The van der Waals surface area contributed by atoms with Gasteiger partial charge in [0.1, 0.15) is 0 Å². The zero-order valence-electron chi connectivity index (χ0n) is 61.8. The van der Waals surface area contributed by atoms with E-state index in [1.807, 2.05) is 0 Å². The van der Waals surface area contributed by atoms with Gasteiger partial charge in [0.05, 0.1) is 22.8 Å². The third-order valence-electron chi connectivity index (χ3n) is 19.7. The molecule has 91 heavy (non-hydrogen) atoms. The third-order valence-corrected chi connectivity index (χ3v) is 19.7. The minimum Gasteiger partial charge on any atom is -0.252 e. The van der Waals surface area contributed by atoms with Crippen molar-refractivity contribution in [3.05, 3.63) is 71.8 Å². The van der Waals surface area contributed by atoms with E-state index in [0.717, 1.165) is 43.5 Å². The van der Waals surface area contributed by atoms with Crippen molar-refractivity contribution in [2.45, 2.75) is 451 Å². The first-order valence-corrected chi connectivity index (χ1v) is 41.4. The van der Waals surface area contributed by atoms with Crippen LogP contribution in [0.15, 0.2) is 70.7 Å². The van der Waals surface area contributed by atoms with Crippen molar-refractivity contribution in [2.24, 2.45) is 9.98 Å². The van der Waals surface area contributed by atoms with E-state index >= 15 is 0 Å². The van der Waals surface area contributed by atoms with E-state index < -0.39 is 0 Å². The van der Waals surface area contributed by atoms with Gasteiger partial charge in [-0.2, -0.15) is 0 Å². The van der Waals surface area contributed by atoms with Gasteiger partial charge in [0.2, 0.25) is 0 Å². The SMILES string of the molecule is CCCCCCCCCCCCCCCCCCCCCCCCCCCC=Cc1cccc(N=C(CCCC)C(CCCCCCCCCCCC)=Nc2cccc(C=CCCCCCCCCCCCCCCCCCCCCCCCCCCC)c2)c1.[Pd]. The summed E-state index contributed by atoms with van der Waals surface area (Å²) in [7, 11) is 0. The number of nitrogens with zero attached hydrogens (tertiary/aromatic N) is 2. The molecule has 0 unspecified atom stereocenters. The molecular formula is C88H156N2Pd. The second kappa shape index (κ2) is 72.2. The molecule has 0 radical (unpaired) electrons. The van der Waals surface area contributed by atoms with Crippen molar-refractivity contribution >= 4 is 35.0 Å². The van der Waals surface area contributed by atoms with Crippen molar-refractivity contribution in [3.8, 4) is 0 Å². The van der Waals surface area contributed by atoms with Crippen LogP contribution in [0.1, 0.15) is 463 Å². The minimum atomic E-state index is 0. The predicted octanol–water partition coefficient (Wildman–Crippen LogP) is 32.4. The Kier molecular flexibility index (Phi) is 69.0. The van der Waals surface area contributed by atoms with E-state index in [4.69, 9.17) is 9.98 Å². The molecule has 3 heteroatoms. The molecule has 0 saturated heterocycles. The van der Waals surface area contributed by atoms with Crippen molar-refractivity contribution in [1.82, 2.24) is 0 Å². The largest absolute Gasteiger partial charge is 0.252 e. The zero-order chi connectivity index (χ0) is 64.0. The average Bonchev–Trinajstić information content (AvgIpc) is 3.75. The summed E-state index contributed by atoms with van der Waals surface area (Å²) in [6, 6.07) is 18.0. The molecule has 528 valence electrons. The summed E-state index contributed by atoms with van der Waals surface area (Å²) < 4.78 is 0. The molecule has 2 nitrogen and oxygen atoms in total. The maximum atomic E-state index is 5.49. The fraction of sp³-hybridized carbons (Fsp3) is 0.795. The molecule has 0 saturated carbocycles. The van der Waals surface area contributed by atoms with E-state index in [9.17, 15) is 0 Å². The fourth-order valence-corrected chi connectivity index (χ4v) is 13.6. The quantitative estimate of drug-likeness (QED) is 0.0358. The molecular weight excluding hydrogens is 1190 g/mol.